The van der Waals surface area contributed by atoms with Crippen LogP contribution in [0.4, 0.5) is 0 Å². The molecule has 0 atom stereocenters. The van der Waals surface area contributed by atoms with E-state index in [1.807, 2.05) is 35.1 Å². The lowest BCUT2D eigenvalue weighted by atomic mass is 10.1. The normalized spacial score (nSPS) is 11.3. The van der Waals surface area contributed by atoms with Gasteiger partial charge in [0.05, 0.1) is 14.2 Å². The molecule has 0 radical (unpaired) electrons. The predicted molar refractivity (Wildman–Crippen MR) is 99.6 cm³/mol. The van der Waals surface area contributed by atoms with Gasteiger partial charge in [0.2, 0.25) is 0 Å². The minimum absolute atomic E-state index is 0.874. The van der Waals surface area contributed by atoms with E-state index in [-0.39, 0.29) is 0 Å². The molecule has 0 heterocycles. The monoisotopic (exact) mass is 332 g/mol. The molecule has 0 N–H and O–H groups in total. The van der Waals surface area contributed by atoms with Crippen LogP contribution in [0.25, 0.3) is 11.0 Å². The van der Waals surface area contributed by atoms with Crippen LogP contribution in [0.3, 0.4) is 0 Å². The summed E-state index contributed by atoms with van der Waals surface area (Å²) in [6.07, 6.45) is 2.20. The number of benzene rings is 2. The van der Waals surface area contributed by atoms with Crippen LogP contribution in [-0.2, 0) is 0 Å². The highest BCUT2D eigenvalue weighted by atomic mass is 33.1. The lowest BCUT2D eigenvalue weighted by Gasteiger charge is -2.08. The third kappa shape index (κ3) is 4.75. The van der Waals surface area contributed by atoms with Gasteiger partial charge in [-0.25, -0.2) is 0 Å². The average Bonchev–Trinajstić information content (AvgIpc) is 2.59. The largest absolute Gasteiger partial charge is 0.497 e. The zero-order valence-corrected chi connectivity index (χ0v) is 14.7. The molecule has 0 saturated heterocycles. The van der Waals surface area contributed by atoms with Crippen LogP contribution in [-0.4, -0.2) is 20.0 Å². The van der Waals surface area contributed by atoms with Crippen LogP contribution >= 0.6 is 21.6 Å². The summed E-state index contributed by atoms with van der Waals surface area (Å²) in [5, 5.41) is 0. The summed E-state index contributed by atoms with van der Waals surface area (Å²) < 4.78 is 10.4. The Morgan fingerprint density at radius 2 is 1.45 bits per heavy atom. The minimum atomic E-state index is 0.874. The van der Waals surface area contributed by atoms with Gasteiger partial charge in [-0.3, -0.25) is 0 Å². The number of hydrogen-bond donors (Lipinski definition) is 0. The minimum Gasteiger partial charge on any atom is -0.497 e. The lowest BCUT2D eigenvalue weighted by molar-refractivity contribution is 0.414. The van der Waals surface area contributed by atoms with E-state index in [1.165, 1.54) is 10.5 Å². The second kappa shape index (κ2) is 8.81. The summed E-state index contributed by atoms with van der Waals surface area (Å²) in [5.74, 6) is 2.82. The summed E-state index contributed by atoms with van der Waals surface area (Å²) in [6.45, 7) is 2.16. The molecule has 0 aliphatic heterocycles. The van der Waals surface area contributed by atoms with Crippen molar-refractivity contribution in [2.75, 3.05) is 20.0 Å². The van der Waals surface area contributed by atoms with E-state index in [4.69, 9.17) is 9.47 Å². The van der Waals surface area contributed by atoms with E-state index in [2.05, 4.69) is 37.3 Å². The summed E-state index contributed by atoms with van der Waals surface area (Å²) in [7, 11) is 7.01. The molecular formula is C18H20O2S2. The van der Waals surface area contributed by atoms with E-state index < -0.39 is 0 Å². The Hall–Kier alpha value is -1.52. The third-order valence-corrected chi connectivity index (χ3v) is 5.54. The molecule has 0 aliphatic rings. The summed E-state index contributed by atoms with van der Waals surface area (Å²) in [4.78, 5) is 1.24. The van der Waals surface area contributed by atoms with Crippen molar-refractivity contribution in [1.82, 2.24) is 0 Å². The van der Waals surface area contributed by atoms with Crippen LogP contribution in [0, 0.1) is 0 Å². The number of methoxy groups -OCH3 is 2. The van der Waals surface area contributed by atoms with Crippen LogP contribution < -0.4 is 9.47 Å². The van der Waals surface area contributed by atoms with E-state index in [0.717, 1.165) is 22.8 Å². The molecule has 116 valence electrons. The quantitative estimate of drug-likeness (QED) is 0.485. The molecule has 0 aromatic heterocycles. The maximum Gasteiger partial charge on any atom is 0.118 e. The van der Waals surface area contributed by atoms with Gasteiger partial charge in [0.25, 0.3) is 0 Å². The van der Waals surface area contributed by atoms with Crippen LogP contribution in [0.5, 0.6) is 11.5 Å². The molecule has 4 heteroatoms. The number of rotatable bonds is 7. The van der Waals surface area contributed by atoms with Crippen molar-refractivity contribution in [2.45, 2.75) is 6.92 Å². The van der Waals surface area contributed by atoms with Gasteiger partial charge >= 0.3 is 0 Å². The standard InChI is InChI=1S/C18H20O2S2/c1-4-21-22-18(15-7-11-17(20-3)12-8-15)13-14-5-9-16(19-2)10-6-14/h5-13H,4H2,1-3H3/b18-13-. The van der Waals surface area contributed by atoms with Crippen LogP contribution in [0.1, 0.15) is 18.1 Å². The van der Waals surface area contributed by atoms with E-state index in [0.29, 0.717) is 0 Å². The highest BCUT2D eigenvalue weighted by Gasteiger charge is 2.04. The van der Waals surface area contributed by atoms with Crippen molar-refractivity contribution in [3.05, 3.63) is 59.7 Å². The van der Waals surface area contributed by atoms with Crippen molar-refractivity contribution in [3.8, 4) is 11.5 Å². The fourth-order valence-corrected chi connectivity index (χ4v) is 3.71. The third-order valence-electron chi connectivity index (χ3n) is 3.05. The zero-order valence-electron chi connectivity index (χ0n) is 13.0. The Morgan fingerprint density at radius 3 is 1.95 bits per heavy atom. The Balaban J connectivity index is 2.28. The fraction of sp³-hybridized carbons (Fsp3) is 0.222. The Labute approximate surface area is 140 Å². The fourth-order valence-electron chi connectivity index (χ4n) is 1.88. The van der Waals surface area contributed by atoms with Crippen molar-refractivity contribution in [2.24, 2.45) is 0 Å². The van der Waals surface area contributed by atoms with Gasteiger partial charge in [-0.2, -0.15) is 0 Å². The highest BCUT2D eigenvalue weighted by Crippen LogP contribution is 2.38. The highest BCUT2D eigenvalue weighted by molar-refractivity contribution is 8.80. The summed E-state index contributed by atoms with van der Waals surface area (Å²) in [5.41, 5.74) is 2.36. The average molecular weight is 332 g/mol. The SMILES string of the molecule is CCSS/C(=C\c1ccc(OC)cc1)c1ccc(OC)cc1. The summed E-state index contributed by atoms with van der Waals surface area (Å²) >= 11 is 0. The molecule has 0 aliphatic carbocycles. The molecule has 2 nitrogen and oxygen atoms in total. The van der Waals surface area contributed by atoms with Crippen molar-refractivity contribution in [3.63, 3.8) is 0 Å². The first kappa shape index (κ1) is 16.8. The molecule has 0 spiro atoms. The molecule has 0 amide bonds. The molecule has 0 unspecified atom stereocenters. The van der Waals surface area contributed by atoms with Crippen molar-refractivity contribution in [1.29, 1.82) is 0 Å². The first-order valence-electron chi connectivity index (χ1n) is 7.06. The van der Waals surface area contributed by atoms with Gasteiger partial charge in [-0.15, -0.1) is 0 Å². The van der Waals surface area contributed by atoms with E-state index in [9.17, 15) is 0 Å². The van der Waals surface area contributed by atoms with Crippen LogP contribution in [0.2, 0.25) is 0 Å². The van der Waals surface area contributed by atoms with Gasteiger partial charge in [0.15, 0.2) is 0 Å². The molecule has 0 saturated carbocycles. The van der Waals surface area contributed by atoms with Gasteiger partial charge in [-0.05, 0) is 41.5 Å². The Morgan fingerprint density at radius 1 is 0.909 bits per heavy atom. The zero-order chi connectivity index (χ0) is 15.8. The van der Waals surface area contributed by atoms with Gasteiger partial charge in [0.1, 0.15) is 11.5 Å². The smallest absolute Gasteiger partial charge is 0.118 e. The lowest BCUT2D eigenvalue weighted by Crippen LogP contribution is -1.85. The Bertz CT molecular complexity index is 604. The van der Waals surface area contributed by atoms with Gasteiger partial charge < -0.3 is 9.47 Å². The first-order valence-corrected chi connectivity index (χ1v) is 9.38. The molecule has 22 heavy (non-hydrogen) atoms. The molecule has 0 bridgehead atoms. The number of ether oxygens (including phenoxy) is 2. The van der Waals surface area contributed by atoms with E-state index in [1.54, 1.807) is 25.0 Å². The summed E-state index contributed by atoms with van der Waals surface area (Å²) in [6, 6.07) is 16.3. The Kier molecular flexibility index (Phi) is 6.74. The molecular weight excluding hydrogens is 312 g/mol. The molecule has 0 fully saturated rings. The van der Waals surface area contributed by atoms with E-state index >= 15 is 0 Å². The van der Waals surface area contributed by atoms with Gasteiger partial charge in [-0.1, -0.05) is 52.8 Å². The second-order valence-electron chi connectivity index (χ2n) is 4.50. The molecule has 2 aromatic rings. The van der Waals surface area contributed by atoms with Crippen molar-refractivity contribution < 1.29 is 9.47 Å². The predicted octanol–water partition coefficient (Wildman–Crippen LogP) is 5.60. The first-order chi connectivity index (χ1) is 10.8. The number of hydrogen-bond acceptors (Lipinski definition) is 4. The maximum atomic E-state index is 5.23. The van der Waals surface area contributed by atoms with Crippen molar-refractivity contribution >= 4 is 32.6 Å². The maximum absolute atomic E-state index is 5.23. The molecule has 2 rings (SSSR count). The second-order valence-corrected chi connectivity index (χ2v) is 7.13. The van der Waals surface area contributed by atoms with Crippen LogP contribution in [0.15, 0.2) is 48.5 Å². The van der Waals surface area contributed by atoms with Gasteiger partial charge in [0, 0.05) is 10.7 Å². The molecule has 2 aromatic carbocycles. The topological polar surface area (TPSA) is 18.5 Å².